The van der Waals surface area contributed by atoms with Crippen LogP contribution in [0.5, 0.6) is 0 Å². The number of hydrogen-bond acceptors (Lipinski definition) is 4. The molecule has 2 heterocycles. The van der Waals surface area contributed by atoms with E-state index in [-0.39, 0.29) is 5.41 Å². The first-order valence-electron chi connectivity index (χ1n) is 10.0. The van der Waals surface area contributed by atoms with Crippen molar-refractivity contribution in [1.29, 1.82) is 0 Å². The van der Waals surface area contributed by atoms with Crippen molar-refractivity contribution in [2.75, 3.05) is 31.1 Å². The van der Waals surface area contributed by atoms with Gasteiger partial charge < -0.3 is 10.2 Å². The van der Waals surface area contributed by atoms with Crippen LogP contribution in [-0.4, -0.2) is 31.2 Å². The lowest BCUT2D eigenvalue weighted by Crippen LogP contribution is -2.43. The Hall–Kier alpha value is -1.39. The number of benzene rings is 1. The number of piperazine rings is 1. The lowest BCUT2D eigenvalue weighted by Gasteiger charge is -2.27. The zero-order valence-electron chi connectivity index (χ0n) is 16.5. The Bertz CT molecular complexity index is 773. The first kappa shape index (κ1) is 18.0. The lowest BCUT2D eigenvalue weighted by atomic mass is 9.78. The van der Waals surface area contributed by atoms with Gasteiger partial charge in [-0.25, -0.2) is 4.98 Å². The molecule has 4 rings (SSSR count). The summed E-state index contributed by atoms with van der Waals surface area (Å²) in [4.78, 5) is 7.38. The van der Waals surface area contributed by atoms with E-state index in [1.54, 1.807) is 11.3 Å². The topological polar surface area (TPSA) is 28.2 Å². The van der Waals surface area contributed by atoms with Crippen molar-refractivity contribution >= 4 is 16.5 Å². The Kier molecular flexibility index (Phi) is 4.83. The third-order valence-electron chi connectivity index (χ3n) is 6.52. The molecule has 1 aliphatic carbocycles. The van der Waals surface area contributed by atoms with Crippen molar-refractivity contribution in [2.24, 2.45) is 5.92 Å². The van der Waals surface area contributed by atoms with Crippen molar-refractivity contribution in [3.05, 3.63) is 34.7 Å². The highest BCUT2D eigenvalue weighted by Crippen LogP contribution is 2.44. The van der Waals surface area contributed by atoms with E-state index in [9.17, 15) is 0 Å². The summed E-state index contributed by atoms with van der Waals surface area (Å²) in [6.07, 6.45) is 2.58. The van der Waals surface area contributed by atoms with Crippen molar-refractivity contribution in [2.45, 2.75) is 51.9 Å². The molecule has 2 aromatic rings. The minimum atomic E-state index is 0.265. The minimum absolute atomic E-state index is 0.265. The summed E-state index contributed by atoms with van der Waals surface area (Å²) in [7, 11) is 0. The van der Waals surface area contributed by atoms with E-state index in [4.69, 9.17) is 4.98 Å². The average Bonchev–Trinajstić information content (AvgIpc) is 3.13. The summed E-state index contributed by atoms with van der Waals surface area (Å²) in [5.74, 6) is 1.34. The Morgan fingerprint density at radius 3 is 2.73 bits per heavy atom. The molecule has 26 heavy (non-hydrogen) atoms. The van der Waals surface area contributed by atoms with E-state index in [1.807, 2.05) is 0 Å². The van der Waals surface area contributed by atoms with Crippen molar-refractivity contribution in [3.63, 3.8) is 0 Å². The van der Waals surface area contributed by atoms with Crippen LogP contribution in [0.3, 0.4) is 0 Å². The summed E-state index contributed by atoms with van der Waals surface area (Å²) >= 11 is 1.78. The Morgan fingerprint density at radius 2 is 1.96 bits per heavy atom. The van der Waals surface area contributed by atoms with E-state index in [0.717, 1.165) is 42.9 Å². The Morgan fingerprint density at radius 1 is 1.19 bits per heavy atom. The maximum absolute atomic E-state index is 4.97. The Balaban J connectivity index is 1.68. The van der Waals surface area contributed by atoms with Crippen molar-refractivity contribution in [1.82, 2.24) is 10.3 Å². The third kappa shape index (κ3) is 3.29. The second-order valence-electron chi connectivity index (χ2n) is 8.74. The number of hydrogen-bond donors (Lipinski definition) is 1. The van der Waals surface area contributed by atoms with E-state index in [0.29, 0.717) is 5.92 Å². The second kappa shape index (κ2) is 6.97. The molecule has 1 saturated heterocycles. The molecule has 140 valence electrons. The first-order chi connectivity index (χ1) is 12.5. The maximum atomic E-state index is 4.97. The molecule has 1 fully saturated rings. The highest BCUT2D eigenvalue weighted by atomic mass is 32.1. The predicted molar refractivity (Wildman–Crippen MR) is 112 cm³/mol. The van der Waals surface area contributed by atoms with Gasteiger partial charge in [0.15, 0.2) is 5.13 Å². The van der Waals surface area contributed by atoms with Gasteiger partial charge in [0, 0.05) is 37.1 Å². The normalized spacial score (nSPS) is 25.6. The number of aromatic nitrogens is 1. The molecule has 4 heteroatoms. The van der Waals surface area contributed by atoms with Gasteiger partial charge >= 0.3 is 0 Å². The van der Waals surface area contributed by atoms with Crippen molar-refractivity contribution in [3.8, 4) is 11.3 Å². The van der Waals surface area contributed by atoms with Gasteiger partial charge in [0.05, 0.1) is 5.69 Å². The summed E-state index contributed by atoms with van der Waals surface area (Å²) in [6, 6.07) is 7.10. The van der Waals surface area contributed by atoms with Crippen LogP contribution in [0.2, 0.25) is 0 Å². The zero-order chi connectivity index (χ0) is 18.3. The number of nitrogens with one attached hydrogen (secondary N) is 1. The van der Waals surface area contributed by atoms with Crippen LogP contribution in [0.25, 0.3) is 11.3 Å². The van der Waals surface area contributed by atoms with Crippen LogP contribution < -0.4 is 10.2 Å². The molecule has 2 unspecified atom stereocenters. The van der Waals surface area contributed by atoms with Gasteiger partial charge in [0.1, 0.15) is 0 Å². The molecule has 2 atom stereocenters. The molecule has 1 aromatic heterocycles. The van der Waals surface area contributed by atoms with Gasteiger partial charge in [0.2, 0.25) is 0 Å². The molecule has 2 aliphatic rings. The van der Waals surface area contributed by atoms with Gasteiger partial charge in [0.25, 0.3) is 0 Å². The van der Waals surface area contributed by atoms with E-state index in [1.165, 1.54) is 29.5 Å². The number of thiazole rings is 1. The van der Waals surface area contributed by atoms with E-state index >= 15 is 0 Å². The van der Waals surface area contributed by atoms with Crippen molar-refractivity contribution < 1.29 is 0 Å². The molecule has 3 nitrogen and oxygen atoms in total. The number of rotatable bonds is 2. The number of fused-ring (bicyclic) bond motifs is 1. The van der Waals surface area contributed by atoms with Gasteiger partial charge in [-0.1, -0.05) is 39.8 Å². The average molecular weight is 370 g/mol. The van der Waals surface area contributed by atoms with Gasteiger partial charge in [-0.3, -0.25) is 0 Å². The molecule has 0 amide bonds. The number of anilines is 1. The standard InChI is InChI=1S/C22H31N3S/c1-15-7-8-22(3,4)19-6-5-17(13-18(19)16(15)2)20-14-26-21(24-20)25-11-9-23-10-12-25/h5-6,13-16,23H,7-12H2,1-4H3. The van der Waals surface area contributed by atoms with Crippen LogP contribution in [0.4, 0.5) is 5.13 Å². The molecule has 0 bridgehead atoms. The van der Waals surface area contributed by atoms with Gasteiger partial charge in [-0.15, -0.1) is 11.3 Å². The van der Waals surface area contributed by atoms with Gasteiger partial charge in [-0.05, 0) is 47.3 Å². The first-order valence-corrected chi connectivity index (χ1v) is 10.9. The quantitative estimate of drug-likeness (QED) is 0.753. The highest BCUT2D eigenvalue weighted by Gasteiger charge is 2.32. The third-order valence-corrected chi connectivity index (χ3v) is 7.43. The fourth-order valence-corrected chi connectivity index (χ4v) is 5.28. The largest absolute Gasteiger partial charge is 0.346 e. The monoisotopic (exact) mass is 369 g/mol. The van der Waals surface area contributed by atoms with Crippen LogP contribution in [-0.2, 0) is 5.41 Å². The fourth-order valence-electron chi connectivity index (χ4n) is 4.39. The van der Waals surface area contributed by atoms with Crippen LogP contribution in [0.15, 0.2) is 23.6 Å². The maximum Gasteiger partial charge on any atom is 0.185 e. The molecule has 1 aromatic carbocycles. The second-order valence-corrected chi connectivity index (χ2v) is 9.58. The molecular weight excluding hydrogens is 338 g/mol. The van der Waals surface area contributed by atoms with Crippen LogP contribution in [0.1, 0.15) is 57.6 Å². The summed E-state index contributed by atoms with van der Waals surface area (Å²) in [5, 5.41) is 6.81. The van der Waals surface area contributed by atoms with Crippen LogP contribution in [0, 0.1) is 5.92 Å². The molecule has 0 saturated carbocycles. The molecule has 0 radical (unpaired) electrons. The summed E-state index contributed by atoms with van der Waals surface area (Å²) in [6.45, 7) is 13.8. The molecule has 0 spiro atoms. The molecule has 1 N–H and O–H groups in total. The van der Waals surface area contributed by atoms with Crippen LogP contribution >= 0.6 is 11.3 Å². The minimum Gasteiger partial charge on any atom is -0.346 e. The highest BCUT2D eigenvalue weighted by molar-refractivity contribution is 7.14. The predicted octanol–water partition coefficient (Wildman–Crippen LogP) is 5.03. The summed E-state index contributed by atoms with van der Waals surface area (Å²) < 4.78 is 0. The summed E-state index contributed by atoms with van der Waals surface area (Å²) in [5.41, 5.74) is 5.75. The molecular formula is C22H31N3S. The molecule has 1 aliphatic heterocycles. The lowest BCUT2D eigenvalue weighted by molar-refractivity contribution is 0.399. The SMILES string of the molecule is CC1CCC(C)(C)c2ccc(-c3csc(N4CCNCC4)n3)cc2C1C. The van der Waals surface area contributed by atoms with E-state index in [2.05, 4.69) is 61.5 Å². The Labute approximate surface area is 161 Å². The van der Waals surface area contributed by atoms with Gasteiger partial charge in [-0.2, -0.15) is 0 Å². The smallest absolute Gasteiger partial charge is 0.185 e. The van der Waals surface area contributed by atoms with E-state index < -0.39 is 0 Å². The zero-order valence-corrected chi connectivity index (χ0v) is 17.3. The number of nitrogens with zero attached hydrogens (tertiary/aromatic N) is 2. The fraction of sp³-hybridized carbons (Fsp3) is 0.591.